The van der Waals surface area contributed by atoms with Gasteiger partial charge in [-0.25, -0.2) is 4.79 Å². The average molecular weight is 221 g/mol. The SMILES string of the molecule is CCC(C)CNCc1cccc(C(=O)O)c1. The lowest BCUT2D eigenvalue weighted by molar-refractivity contribution is 0.0696. The number of rotatable bonds is 6. The maximum Gasteiger partial charge on any atom is 0.335 e. The van der Waals surface area contributed by atoms with Crippen molar-refractivity contribution < 1.29 is 9.90 Å². The zero-order valence-electron chi connectivity index (χ0n) is 9.86. The first-order valence-corrected chi connectivity index (χ1v) is 5.66. The van der Waals surface area contributed by atoms with Crippen molar-refractivity contribution >= 4 is 5.97 Å². The molecule has 3 nitrogen and oxygen atoms in total. The summed E-state index contributed by atoms with van der Waals surface area (Å²) in [5.41, 5.74) is 1.37. The molecule has 0 aliphatic rings. The molecule has 0 aliphatic carbocycles. The molecule has 1 atom stereocenters. The molecular formula is C13H19NO2. The Balaban J connectivity index is 2.48. The van der Waals surface area contributed by atoms with Crippen molar-refractivity contribution in [2.24, 2.45) is 5.92 Å². The number of carboxylic acids is 1. The van der Waals surface area contributed by atoms with E-state index in [0.29, 0.717) is 11.5 Å². The van der Waals surface area contributed by atoms with Crippen LogP contribution in [0.2, 0.25) is 0 Å². The first kappa shape index (κ1) is 12.7. The number of aromatic carboxylic acids is 1. The summed E-state index contributed by atoms with van der Waals surface area (Å²) in [5, 5.41) is 12.2. The van der Waals surface area contributed by atoms with Crippen molar-refractivity contribution in [2.45, 2.75) is 26.8 Å². The molecule has 0 fully saturated rings. The summed E-state index contributed by atoms with van der Waals surface area (Å²) >= 11 is 0. The van der Waals surface area contributed by atoms with Crippen LogP contribution in [0.1, 0.15) is 36.2 Å². The van der Waals surface area contributed by atoms with Gasteiger partial charge in [0.15, 0.2) is 0 Å². The van der Waals surface area contributed by atoms with Crippen LogP contribution < -0.4 is 5.32 Å². The Kier molecular flexibility index (Phi) is 4.99. The van der Waals surface area contributed by atoms with Crippen LogP contribution in [0, 0.1) is 5.92 Å². The summed E-state index contributed by atoms with van der Waals surface area (Å²) in [6.07, 6.45) is 1.15. The van der Waals surface area contributed by atoms with Gasteiger partial charge in [0.1, 0.15) is 0 Å². The summed E-state index contributed by atoms with van der Waals surface area (Å²) in [5.74, 6) is -0.216. The van der Waals surface area contributed by atoms with Crippen molar-refractivity contribution in [3.63, 3.8) is 0 Å². The van der Waals surface area contributed by atoms with Crippen LogP contribution in [0.3, 0.4) is 0 Å². The molecule has 3 heteroatoms. The summed E-state index contributed by atoms with van der Waals surface area (Å²) in [4.78, 5) is 10.8. The van der Waals surface area contributed by atoms with Crippen LogP contribution in [-0.4, -0.2) is 17.6 Å². The predicted octanol–water partition coefficient (Wildman–Crippen LogP) is 2.52. The van der Waals surface area contributed by atoms with Crippen molar-refractivity contribution in [1.82, 2.24) is 5.32 Å². The number of hydrogen-bond donors (Lipinski definition) is 2. The average Bonchev–Trinajstić information content (AvgIpc) is 2.29. The van der Waals surface area contributed by atoms with Gasteiger partial charge >= 0.3 is 5.97 Å². The highest BCUT2D eigenvalue weighted by Gasteiger charge is 2.03. The van der Waals surface area contributed by atoms with Crippen LogP contribution in [0.5, 0.6) is 0 Å². The van der Waals surface area contributed by atoms with Crippen molar-refractivity contribution in [3.8, 4) is 0 Å². The zero-order chi connectivity index (χ0) is 12.0. The van der Waals surface area contributed by atoms with E-state index in [9.17, 15) is 4.79 Å². The number of nitrogens with one attached hydrogen (secondary N) is 1. The van der Waals surface area contributed by atoms with E-state index >= 15 is 0 Å². The third-order valence-electron chi connectivity index (χ3n) is 2.69. The molecule has 0 aliphatic heterocycles. The molecule has 0 bridgehead atoms. The second-order valence-electron chi connectivity index (χ2n) is 4.15. The summed E-state index contributed by atoms with van der Waals surface area (Å²) in [6.45, 7) is 6.05. The van der Waals surface area contributed by atoms with E-state index in [1.54, 1.807) is 18.2 Å². The highest BCUT2D eigenvalue weighted by atomic mass is 16.4. The largest absolute Gasteiger partial charge is 0.478 e. The first-order chi connectivity index (χ1) is 7.63. The fourth-order valence-corrected chi connectivity index (χ4v) is 1.42. The highest BCUT2D eigenvalue weighted by Crippen LogP contribution is 2.05. The number of hydrogen-bond acceptors (Lipinski definition) is 2. The molecular weight excluding hydrogens is 202 g/mol. The molecule has 1 aromatic carbocycles. The zero-order valence-corrected chi connectivity index (χ0v) is 9.86. The third kappa shape index (κ3) is 4.03. The van der Waals surface area contributed by atoms with Gasteiger partial charge in [-0.15, -0.1) is 0 Å². The van der Waals surface area contributed by atoms with E-state index in [0.717, 1.165) is 25.1 Å². The minimum absolute atomic E-state index is 0.350. The quantitative estimate of drug-likeness (QED) is 0.776. The van der Waals surface area contributed by atoms with Crippen molar-refractivity contribution in [3.05, 3.63) is 35.4 Å². The number of carbonyl (C=O) groups is 1. The van der Waals surface area contributed by atoms with E-state index in [4.69, 9.17) is 5.11 Å². The summed E-state index contributed by atoms with van der Waals surface area (Å²) in [6, 6.07) is 7.05. The van der Waals surface area contributed by atoms with Crippen molar-refractivity contribution in [1.29, 1.82) is 0 Å². The highest BCUT2D eigenvalue weighted by molar-refractivity contribution is 5.87. The molecule has 1 unspecified atom stereocenters. The Morgan fingerprint density at radius 2 is 2.25 bits per heavy atom. The second kappa shape index (κ2) is 6.28. The van der Waals surface area contributed by atoms with Gasteiger partial charge in [0.05, 0.1) is 5.56 Å². The maximum absolute atomic E-state index is 10.8. The molecule has 0 radical (unpaired) electrons. The van der Waals surface area contributed by atoms with E-state index in [1.807, 2.05) is 6.07 Å². The van der Waals surface area contributed by atoms with Gasteiger partial charge < -0.3 is 10.4 Å². The smallest absolute Gasteiger partial charge is 0.335 e. The molecule has 0 spiro atoms. The Labute approximate surface area is 96.5 Å². The van der Waals surface area contributed by atoms with Gasteiger partial charge in [-0.2, -0.15) is 0 Å². The number of benzene rings is 1. The molecule has 0 saturated carbocycles. The monoisotopic (exact) mass is 221 g/mol. The van der Waals surface area contributed by atoms with Crippen LogP contribution in [-0.2, 0) is 6.54 Å². The lowest BCUT2D eigenvalue weighted by atomic mass is 10.1. The van der Waals surface area contributed by atoms with E-state index in [-0.39, 0.29) is 0 Å². The Morgan fingerprint density at radius 3 is 2.88 bits per heavy atom. The van der Waals surface area contributed by atoms with Crippen LogP contribution in [0.15, 0.2) is 24.3 Å². The first-order valence-electron chi connectivity index (χ1n) is 5.66. The third-order valence-corrected chi connectivity index (χ3v) is 2.69. The van der Waals surface area contributed by atoms with Gasteiger partial charge in [0, 0.05) is 6.54 Å². The molecule has 0 aromatic heterocycles. The molecule has 0 heterocycles. The van der Waals surface area contributed by atoms with Crippen LogP contribution in [0.4, 0.5) is 0 Å². The Bertz CT molecular complexity index is 350. The summed E-state index contributed by atoms with van der Waals surface area (Å²) in [7, 11) is 0. The minimum atomic E-state index is -0.872. The molecule has 88 valence electrons. The van der Waals surface area contributed by atoms with Gasteiger partial charge in [-0.1, -0.05) is 32.4 Å². The van der Waals surface area contributed by atoms with Gasteiger partial charge in [0.2, 0.25) is 0 Å². The number of carboxylic acid groups (broad SMARTS) is 1. The Hall–Kier alpha value is -1.35. The fourth-order valence-electron chi connectivity index (χ4n) is 1.42. The van der Waals surface area contributed by atoms with Gasteiger partial charge in [0.25, 0.3) is 0 Å². The van der Waals surface area contributed by atoms with E-state index in [2.05, 4.69) is 19.2 Å². The molecule has 0 saturated heterocycles. The second-order valence-corrected chi connectivity index (χ2v) is 4.15. The van der Waals surface area contributed by atoms with E-state index < -0.39 is 5.97 Å². The minimum Gasteiger partial charge on any atom is -0.478 e. The van der Waals surface area contributed by atoms with Crippen molar-refractivity contribution in [2.75, 3.05) is 6.54 Å². The molecule has 0 amide bonds. The lowest BCUT2D eigenvalue weighted by Gasteiger charge is -2.10. The standard InChI is InChI=1S/C13H19NO2/c1-3-10(2)8-14-9-11-5-4-6-12(7-11)13(15)16/h4-7,10,14H,3,8-9H2,1-2H3,(H,15,16). The molecule has 1 rings (SSSR count). The van der Waals surface area contributed by atoms with Crippen LogP contribution >= 0.6 is 0 Å². The van der Waals surface area contributed by atoms with Gasteiger partial charge in [-0.3, -0.25) is 0 Å². The fraction of sp³-hybridized carbons (Fsp3) is 0.462. The topological polar surface area (TPSA) is 49.3 Å². The molecule has 16 heavy (non-hydrogen) atoms. The molecule has 1 aromatic rings. The maximum atomic E-state index is 10.8. The predicted molar refractivity (Wildman–Crippen MR) is 64.6 cm³/mol. The summed E-state index contributed by atoms with van der Waals surface area (Å²) < 4.78 is 0. The van der Waals surface area contributed by atoms with Crippen LogP contribution in [0.25, 0.3) is 0 Å². The normalized spacial score (nSPS) is 12.4. The van der Waals surface area contributed by atoms with Gasteiger partial charge in [-0.05, 0) is 30.2 Å². The lowest BCUT2D eigenvalue weighted by Crippen LogP contribution is -2.20. The van der Waals surface area contributed by atoms with E-state index in [1.165, 1.54) is 0 Å². The Morgan fingerprint density at radius 1 is 1.50 bits per heavy atom. The molecule has 2 N–H and O–H groups in total.